The minimum Gasteiger partial charge on any atom is -0.160 e. The van der Waals surface area contributed by atoms with Crippen LogP contribution in [-0.4, -0.2) is 111 Å². The number of rotatable bonds is 18. The van der Waals surface area contributed by atoms with Crippen LogP contribution in [0.15, 0.2) is 0 Å². The molecule has 4 rings (SSSR count). The van der Waals surface area contributed by atoms with Crippen LogP contribution in [0, 0.1) is 0 Å². The molecule has 4 saturated heterocycles. The van der Waals surface area contributed by atoms with Crippen molar-refractivity contribution in [3.8, 4) is 0 Å². The van der Waals surface area contributed by atoms with E-state index in [1.54, 1.807) is 0 Å². The lowest BCUT2D eigenvalue weighted by Crippen LogP contribution is -2.26. The van der Waals surface area contributed by atoms with Crippen molar-refractivity contribution >= 4 is 129 Å². The minimum absolute atomic E-state index is 0.806. The highest BCUT2D eigenvalue weighted by atomic mass is 32.2. The molecule has 11 heteroatoms. The standard InChI is InChI=1S/C20H34S11/c1(2-26-15-5-22-6-15)21-13-19(30-17-9-24-10-17)29-14-20(31-18-11-25-12-18)28-4-3-27-16-7-23-8-16/h15-20H,1-14H2. The molecule has 0 aromatic carbocycles. The van der Waals surface area contributed by atoms with Crippen LogP contribution in [0.25, 0.3) is 0 Å². The van der Waals surface area contributed by atoms with E-state index in [1.165, 1.54) is 80.5 Å². The normalized spacial score (nSPS) is 24.8. The first-order chi connectivity index (χ1) is 15.3. The Morgan fingerprint density at radius 2 is 1.00 bits per heavy atom. The maximum Gasteiger partial charge on any atom is 0.0596 e. The topological polar surface area (TPSA) is 0 Å². The van der Waals surface area contributed by atoms with Gasteiger partial charge in [0.05, 0.1) is 9.16 Å². The molecule has 0 aromatic rings. The highest BCUT2D eigenvalue weighted by Gasteiger charge is 2.27. The van der Waals surface area contributed by atoms with Crippen molar-refractivity contribution in [2.24, 2.45) is 0 Å². The van der Waals surface area contributed by atoms with Gasteiger partial charge in [0, 0.05) is 102 Å². The lowest BCUT2D eigenvalue weighted by atomic mass is 10.5. The maximum absolute atomic E-state index is 2.32. The Labute approximate surface area is 237 Å². The van der Waals surface area contributed by atoms with Crippen LogP contribution in [0.5, 0.6) is 0 Å². The van der Waals surface area contributed by atoms with E-state index in [0.717, 1.165) is 30.2 Å². The van der Waals surface area contributed by atoms with Gasteiger partial charge in [0.25, 0.3) is 0 Å². The lowest BCUT2D eigenvalue weighted by molar-refractivity contribution is 1.08. The van der Waals surface area contributed by atoms with Gasteiger partial charge in [0.2, 0.25) is 0 Å². The van der Waals surface area contributed by atoms with Gasteiger partial charge in [-0.15, -0.1) is 47.0 Å². The van der Waals surface area contributed by atoms with Crippen molar-refractivity contribution in [1.82, 2.24) is 0 Å². The second kappa shape index (κ2) is 16.6. The van der Waals surface area contributed by atoms with Gasteiger partial charge in [0.1, 0.15) is 0 Å². The fraction of sp³-hybridized carbons (Fsp3) is 1.00. The van der Waals surface area contributed by atoms with E-state index < -0.39 is 0 Å². The SMILES string of the molecule is C(CSC1CSC1)SCC(SCC(SCCSC1CSC1)SC1CSC1)SC1CSC1. The molecule has 0 amide bonds. The van der Waals surface area contributed by atoms with Crippen LogP contribution < -0.4 is 0 Å². The summed E-state index contributed by atoms with van der Waals surface area (Å²) in [5.74, 6) is 19.3. The van der Waals surface area contributed by atoms with E-state index >= 15 is 0 Å². The molecule has 180 valence electrons. The maximum atomic E-state index is 2.32. The molecule has 4 aliphatic rings. The first kappa shape index (κ1) is 27.9. The monoisotopic (exact) mass is 626 g/mol. The molecule has 0 nitrogen and oxygen atoms in total. The molecule has 31 heavy (non-hydrogen) atoms. The molecule has 0 aliphatic carbocycles. The van der Waals surface area contributed by atoms with Crippen molar-refractivity contribution in [2.75, 3.05) is 80.5 Å². The Balaban J connectivity index is 1.13. The average Bonchev–Trinajstić information content (AvgIpc) is 2.63. The number of hydrogen-bond acceptors (Lipinski definition) is 11. The van der Waals surface area contributed by atoms with E-state index in [9.17, 15) is 0 Å². The van der Waals surface area contributed by atoms with Crippen LogP contribution in [0.4, 0.5) is 0 Å². The Bertz CT molecular complexity index is 480. The molecule has 2 atom stereocenters. The largest absolute Gasteiger partial charge is 0.160 e. The highest BCUT2D eigenvalue weighted by molar-refractivity contribution is 8.22. The second-order valence-corrected chi connectivity index (χ2v) is 22.2. The molecule has 0 saturated carbocycles. The summed E-state index contributed by atoms with van der Waals surface area (Å²) >= 11 is 24.4. The van der Waals surface area contributed by atoms with Gasteiger partial charge in [0.15, 0.2) is 0 Å². The average molecular weight is 627 g/mol. The van der Waals surface area contributed by atoms with Crippen molar-refractivity contribution in [3.05, 3.63) is 0 Å². The van der Waals surface area contributed by atoms with Crippen molar-refractivity contribution < 1.29 is 0 Å². The summed E-state index contributed by atoms with van der Waals surface area (Å²) < 4.78 is 1.61. The Kier molecular flexibility index (Phi) is 15.0. The van der Waals surface area contributed by atoms with Crippen molar-refractivity contribution in [1.29, 1.82) is 0 Å². The smallest absolute Gasteiger partial charge is 0.0596 e. The molecular formula is C20H34S11. The molecule has 0 N–H and O–H groups in total. The molecule has 2 unspecified atom stereocenters. The third kappa shape index (κ3) is 11.0. The van der Waals surface area contributed by atoms with Crippen molar-refractivity contribution in [2.45, 2.75) is 30.2 Å². The number of hydrogen-bond donors (Lipinski definition) is 0. The quantitative estimate of drug-likeness (QED) is 0.112. The summed E-state index contributed by atoms with van der Waals surface area (Å²) in [6.07, 6.45) is 0. The molecule has 0 spiro atoms. The summed E-state index contributed by atoms with van der Waals surface area (Å²) in [6.45, 7) is 0. The molecule has 0 radical (unpaired) electrons. The van der Waals surface area contributed by atoms with E-state index in [0.29, 0.717) is 0 Å². The van der Waals surface area contributed by atoms with Gasteiger partial charge < -0.3 is 0 Å². The highest BCUT2D eigenvalue weighted by Crippen LogP contribution is 2.42. The van der Waals surface area contributed by atoms with E-state index in [1.807, 2.05) is 0 Å². The van der Waals surface area contributed by atoms with Gasteiger partial charge in [-0.3, -0.25) is 0 Å². The number of thioether (sulfide) groups is 11. The first-order valence-corrected chi connectivity index (χ1v) is 22.9. The zero-order valence-electron chi connectivity index (χ0n) is 17.9. The summed E-state index contributed by atoms with van der Waals surface area (Å²) in [5.41, 5.74) is 0. The van der Waals surface area contributed by atoms with Gasteiger partial charge in [-0.1, -0.05) is 0 Å². The minimum atomic E-state index is 0.806. The van der Waals surface area contributed by atoms with E-state index in [2.05, 4.69) is 129 Å². The first-order valence-electron chi connectivity index (χ1n) is 11.0. The van der Waals surface area contributed by atoms with E-state index in [-0.39, 0.29) is 0 Å². The van der Waals surface area contributed by atoms with Gasteiger partial charge in [-0.2, -0.15) is 82.3 Å². The van der Waals surface area contributed by atoms with E-state index in [4.69, 9.17) is 0 Å². The van der Waals surface area contributed by atoms with Gasteiger partial charge in [-0.05, 0) is 0 Å². The zero-order valence-corrected chi connectivity index (χ0v) is 26.8. The molecule has 0 bridgehead atoms. The summed E-state index contributed by atoms with van der Waals surface area (Å²) in [5, 5.41) is 3.80. The fourth-order valence-corrected chi connectivity index (χ4v) is 18.4. The molecule has 4 heterocycles. The summed E-state index contributed by atoms with van der Waals surface area (Å²) in [6, 6.07) is 0. The Hall–Kier alpha value is 3.85. The second-order valence-electron chi connectivity index (χ2n) is 7.79. The van der Waals surface area contributed by atoms with Crippen molar-refractivity contribution in [3.63, 3.8) is 0 Å². The predicted octanol–water partition coefficient (Wildman–Crippen LogP) is 7.23. The van der Waals surface area contributed by atoms with Crippen LogP contribution in [-0.2, 0) is 0 Å². The summed E-state index contributed by atoms with van der Waals surface area (Å²) in [7, 11) is 0. The van der Waals surface area contributed by atoms with Crippen LogP contribution in [0.1, 0.15) is 0 Å². The van der Waals surface area contributed by atoms with Crippen LogP contribution in [0.2, 0.25) is 0 Å². The molecular weight excluding hydrogens is 593 g/mol. The Morgan fingerprint density at radius 3 is 1.48 bits per heavy atom. The van der Waals surface area contributed by atoms with Gasteiger partial charge >= 0.3 is 0 Å². The predicted molar refractivity (Wildman–Crippen MR) is 174 cm³/mol. The molecule has 0 aromatic heterocycles. The Morgan fingerprint density at radius 1 is 0.516 bits per heavy atom. The van der Waals surface area contributed by atoms with Crippen LogP contribution in [0.3, 0.4) is 0 Å². The van der Waals surface area contributed by atoms with Crippen LogP contribution >= 0.6 is 129 Å². The third-order valence-corrected chi connectivity index (χ3v) is 22.7. The lowest BCUT2D eigenvalue weighted by Gasteiger charge is -2.31. The molecule has 4 fully saturated rings. The third-order valence-electron chi connectivity index (χ3n) is 5.11. The summed E-state index contributed by atoms with van der Waals surface area (Å²) in [4.78, 5) is 0. The fourth-order valence-electron chi connectivity index (χ4n) is 2.92. The molecule has 4 aliphatic heterocycles. The zero-order chi connectivity index (χ0) is 21.1. The van der Waals surface area contributed by atoms with Gasteiger partial charge in [-0.25, -0.2) is 0 Å².